The van der Waals surface area contributed by atoms with Crippen LogP contribution in [0.25, 0.3) is 0 Å². The number of aryl methyl sites for hydroxylation is 1. The average Bonchev–Trinajstić information content (AvgIpc) is 2.59. The zero-order chi connectivity index (χ0) is 17.1. The molecule has 0 aliphatic rings. The standard InChI is InChI=1S/C18H21N3O2/c1-2-15-5-7-16(8-6-15)17(22)9-10-18(23)21(13-3-11-19)14-4-12-20/h5-8H,2-4,9-10,13-14H2,1H3. The first-order valence-electron chi connectivity index (χ1n) is 7.76. The number of amides is 1. The molecule has 0 atom stereocenters. The molecular weight excluding hydrogens is 290 g/mol. The Labute approximate surface area is 137 Å². The number of hydrogen-bond acceptors (Lipinski definition) is 4. The largest absolute Gasteiger partial charge is 0.341 e. The van der Waals surface area contributed by atoms with Gasteiger partial charge in [0.25, 0.3) is 0 Å². The maximum atomic E-state index is 12.1. The van der Waals surface area contributed by atoms with Crippen molar-refractivity contribution in [3.8, 4) is 12.1 Å². The van der Waals surface area contributed by atoms with Gasteiger partial charge in [0, 0.05) is 31.5 Å². The van der Waals surface area contributed by atoms with Crippen LogP contribution < -0.4 is 0 Å². The molecule has 5 nitrogen and oxygen atoms in total. The number of hydrogen-bond donors (Lipinski definition) is 0. The normalized spacial score (nSPS) is 9.70. The Balaban J connectivity index is 2.55. The van der Waals surface area contributed by atoms with E-state index in [0.29, 0.717) is 18.7 Å². The molecule has 120 valence electrons. The van der Waals surface area contributed by atoms with Crippen molar-refractivity contribution in [2.45, 2.75) is 39.0 Å². The summed E-state index contributed by atoms with van der Waals surface area (Å²) < 4.78 is 0. The van der Waals surface area contributed by atoms with Crippen LogP contribution in [0.5, 0.6) is 0 Å². The Hall–Kier alpha value is -2.66. The molecule has 1 aromatic rings. The zero-order valence-electron chi connectivity index (χ0n) is 13.4. The lowest BCUT2D eigenvalue weighted by Gasteiger charge is -2.20. The minimum Gasteiger partial charge on any atom is -0.341 e. The molecule has 0 bridgehead atoms. The second-order valence-electron chi connectivity index (χ2n) is 5.17. The monoisotopic (exact) mass is 311 g/mol. The number of Topliss-reactive ketones (excluding diaryl/α,β-unsaturated/α-hetero) is 1. The molecule has 0 aliphatic carbocycles. The third kappa shape index (κ3) is 6.32. The van der Waals surface area contributed by atoms with Gasteiger partial charge >= 0.3 is 0 Å². The Bertz CT molecular complexity index is 591. The Morgan fingerprint density at radius 2 is 1.57 bits per heavy atom. The predicted octanol–water partition coefficient (Wildman–Crippen LogP) is 2.87. The van der Waals surface area contributed by atoms with Crippen molar-refractivity contribution >= 4 is 11.7 Å². The van der Waals surface area contributed by atoms with E-state index in [4.69, 9.17) is 10.5 Å². The molecule has 1 rings (SSSR count). The molecule has 0 spiro atoms. The van der Waals surface area contributed by atoms with E-state index in [1.165, 1.54) is 4.90 Å². The summed E-state index contributed by atoms with van der Waals surface area (Å²) in [6, 6.07) is 11.4. The predicted molar refractivity (Wildman–Crippen MR) is 86.4 cm³/mol. The van der Waals surface area contributed by atoms with Gasteiger partial charge in [-0.15, -0.1) is 0 Å². The van der Waals surface area contributed by atoms with E-state index in [-0.39, 0.29) is 37.4 Å². The number of nitriles is 2. The van der Waals surface area contributed by atoms with Crippen LogP contribution in [-0.4, -0.2) is 29.7 Å². The molecule has 5 heteroatoms. The van der Waals surface area contributed by atoms with Gasteiger partial charge in [-0.25, -0.2) is 0 Å². The molecule has 0 unspecified atom stereocenters. The molecule has 0 saturated carbocycles. The first-order valence-corrected chi connectivity index (χ1v) is 7.76. The maximum absolute atomic E-state index is 12.1. The molecule has 23 heavy (non-hydrogen) atoms. The number of carbonyl (C=O) groups excluding carboxylic acids is 2. The molecular formula is C18H21N3O2. The lowest BCUT2D eigenvalue weighted by atomic mass is 10.0. The summed E-state index contributed by atoms with van der Waals surface area (Å²) in [4.78, 5) is 25.8. The van der Waals surface area contributed by atoms with Crippen LogP contribution in [0.3, 0.4) is 0 Å². The maximum Gasteiger partial charge on any atom is 0.223 e. The zero-order valence-corrected chi connectivity index (χ0v) is 13.4. The van der Waals surface area contributed by atoms with Crippen molar-refractivity contribution in [1.29, 1.82) is 10.5 Å². The smallest absolute Gasteiger partial charge is 0.223 e. The SMILES string of the molecule is CCc1ccc(C(=O)CCC(=O)N(CCC#N)CCC#N)cc1. The van der Waals surface area contributed by atoms with Crippen molar-refractivity contribution in [3.63, 3.8) is 0 Å². The number of rotatable bonds is 9. The van der Waals surface area contributed by atoms with E-state index in [9.17, 15) is 9.59 Å². The van der Waals surface area contributed by atoms with Crippen LogP contribution in [-0.2, 0) is 11.2 Å². The molecule has 0 radical (unpaired) electrons. The fourth-order valence-corrected chi connectivity index (χ4v) is 2.18. The van der Waals surface area contributed by atoms with Crippen molar-refractivity contribution in [3.05, 3.63) is 35.4 Å². The third-order valence-electron chi connectivity index (χ3n) is 3.59. The minimum atomic E-state index is -0.186. The lowest BCUT2D eigenvalue weighted by molar-refractivity contribution is -0.131. The number of ketones is 1. The number of carbonyl (C=O) groups is 2. The van der Waals surface area contributed by atoms with E-state index in [1.54, 1.807) is 12.1 Å². The Kier molecular flexibility index (Phi) is 8.10. The molecule has 0 aromatic heterocycles. The van der Waals surface area contributed by atoms with Crippen LogP contribution >= 0.6 is 0 Å². The summed E-state index contributed by atoms with van der Waals surface area (Å²) in [7, 11) is 0. The summed E-state index contributed by atoms with van der Waals surface area (Å²) in [5.41, 5.74) is 1.77. The number of benzene rings is 1. The topological polar surface area (TPSA) is 85.0 Å². The summed E-state index contributed by atoms with van der Waals surface area (Å²) in [6.07, 6.45) is 1.61. The van der Waals surface area contributed by atoms with Crippen LogP contribution in [0.1, 0.15) is 48.5 Å². The van der Waals surface area contributed by atoms with Crippen molar-refractivity contribution < 1.29 is 9.59 Å². The summed E-state index contributed by atoms with van der Waals surface area (Å²) in [5, 5.41) is 17.2. The fraction of sp³-hybridized carbons (Fsp3) is 0.444. The quantitative estimate of drug-likeness (QED) is 0.656. The summed E-state index contributed by atoms with van der Waals surface area (Å²) >= 11 is 0. The van der Waals surface area contributed by atoms with Crippen LogP contribution in [0.15, 0.2) is 24.3 Å². The second-order valence-corrected chi connectivity index (χ2v) is 5.17. The Morgan fingerprint density at radius 3 is 2.04 bits per heavy atom. The molecule has 0 heterocycles. The van der Waals surface area contributed by atoms with Crippen molar-refractivity contribution in [1.82, 2.24) is 4.90 Å². The highest BCUT2D eigenvalue weighted by molar-refractivity contribution is 5.97. The molecule has 0 N–H and O–H groups in total. The van der Waals surface area contributed by atoms with Gasteiger partial charge in [0.15, 0.2) is 5.78 Å². The van der Waals surface area contributed by atoms with E-state index in [1.807, 2.05) is 31.2 Å². The van der Waals surface area contributed by atoms with Crippen LogP contribution in [0.2, 0.25) is 0 Å². The van der Waals surface area contributed by atoms with Gasteiger partial charge in [-0.1, -0.05) is 31.2 Å². The summed E-state index contributed by atoms with van der Waals surface area (Å²) in [5.74, 6) is -0.254. The van der Waals surface area contributed by atoms with Gasteiger partial charge in [-0.3, -0.25) is 9.59 Å². The second kappa shape index (κ2) is 10.1. The number of nitrogens with zero attached hydrogens (tertiary/aromatic N) is 3. The lowest BCUT2D eigenvalue weighted by Crippen LogP contribution is -2.33. The van der Waals surface area contributed by atoms with Gasteiger partial charge in [0.2, 0.25) is 5.91 Å². The van der Waals surface area contributed by atoms with Gasteiger partial charge in [0.1, 0.15) is 0 Å². The molecule has 0 aliphatic heterocycles. The van der Waals surface area contributed by atoms with E-state index in [2.05, 4.69) is 0 Å². The summed E-state index contributed by atoms with van der Waals surface area (Å²) in [6.45, 7) is 2.65. The average molecular weight is 311 g/mol. The first kappa shape index (κ1) is 18.4. The van der Waals surface area contributed by atoms with Crippen molar-refractivity contribution in [2.75, 3.05) is 13.1 Å². The van der Waals surface area contributed by atoms with Gasteiger partial charge in [-0.2, -0.15) is 10.5 Å². The van der Waals surface area contributed by atoms with Gasteiger partial charge in [0.05, 0.1) is 25.0 Å². The highest BCUT2D eigenvalue weighted by Gasteiger charge is 2.15. The van der Waals surface area contributed by atoms with Gasteiger partial charge in [-0.05, 0) is 12.0 Å². The Morgan fingerprint density at radius 1 is 1.00 bits per heavy atom. The van der Waals surface area contributed by atoms with E-state index in [0.717, 1.165) is 12.0 Å². The van der Waals surface area contributed by atoms with Crippen LogP contribution in [0.4, 0.5) is 0 Å². The molecule has 1 aromatic carbocycles. The highest BCUT2D eigenvalue weighted by atomic mass is 16.2. The minimum absolute atomic E-state index is 0.0680. The third-order valence-corrected chi connectivity index (χ3v) is 3.59. The highest BCUT2D eigenvalue weighted by Crippen LogP contribution is 2.10. The first-order chi connectivity index (χ1) is 11.1. The van der Waals surface area contributed by atoms with E-state index >= 15 is 0 Å². The van der Waals surface area contributed by atoms with Gasteiger partial charge < -0.3 is 4.90 Å². The van der Waals surface area contributed by atoms with E-state index < -0.39 is 0 Å². The van der Waals surface area contributed by atoms with Crippen LogP contribution in [0, 0.1) is 22.7 Å². The molecule has 0 fully saturated rings. The molecule has 0 saturated heterocycles. The fourth-order valence-electron chi connectivity index (χ4n) is 2.18. The van der Waals surface area contributed by atoms with Crippen molar-refractivity contribution in [2.24, 2.45) is 0 Å². The molecule has 1 amide bonds.